The average Bonchev–Trinajstić information content (AvgIpc) is 3.33. The topological polar surface area (TPSA) is 93.7 Å². The molecule has 0 saturated carbocycles. The summed E-state index contributed by atoms with van der Waals surface area (Å²) in [6.07, 6.45) is 2.08. The number of thioether (sulfide) groups is 1. The highest BCUT2D eigenvalue weighted by molar-refractivity contribution is 8.18. The molecule has 0 spiro atoms. The molecule has 1 fully saturated rings. The van der Waals surface area contributed by atoms with E-state index in [1.54, 1.807) is 18.2 Å². The van der Waals surface area contributed by atoms with Crippen molar-refractivity contribution in [2.24, 2.45) is 0 Å². The molecule has 8 heteroatoms. The molecule has 0 aliphatic carbocycles. The number of hydrogen-bond donors (Lipinski definition) is 0. The predicted molar refractivity (Wildman–Crippen MR) is 123 cm³/mol. The number of nitrogens with zero attached hydrogens (tertiary/aromatic N) is 2. The Bertz CT molecular complexity index is 1250. The number of imide groups is 1. The number of nitro groups is 1. The van der Waals surface area contributed by atoms with Gasteiger partial charge in [-0.05, 0) is 66.9 Å². The molecule has 0 radical (unpaired) electrons. The zero-order valence-electron chi connectivity index (χ0n) is 17.5. The van der Waals surface area contributed by atoms with E-state index in [4.69, 9.17) is 4.42 Å². The molecule has 0 atom stereocenters. The number of amides is 2. The first kappa shape index (κ1) is 21.6. The molecule has 32 heavy (non-hydrogen) atoms. The highest BCUT2D eigenvalue weighted by atomic mass is 32.2. The van der Waals surface area contributed by atoms with Gasteiger partial charge in [0.2, 0.25) is 0 Å². The third-order valence-corrected chi connectivity index (χ3v) is 6.22. The van der Waals surface area contributed by atoms with Gasteiger partial charge in [-0.3, -0.25) is 24.6 Å². The quantitative estimate of drug-likeness (QED) is 0.271. The third-order valence-electron chi connectivity index (χ3n) is 5.31. The van der Waals surface area contributed by atoms with Gasteiger partial charge in [0.15, 0.2) is 0 Å². The smallest absolute Gasteiger partial charge is 0.293 e. The molecule has 0 bridgehead atoms. The molecule has 1 aliphatic heterocycles. The zero-order valence-corrected chi connectivity index (χ0v) is 18.3. The van der Waals surface area contributed by atoms with Crippen LogP contribution in [0.25, 0.3) is 17.4 Å². The summed E-state index contributed by atoms with van der Waals surface area (Å²) in [7, 11) is 0. The van der Waals surface area contributed by atoms with Crippen LogP contribution in [0.15, 0.2) is 63.9 Å². The minimum Gasteiger partial charge on any atom is -0.456 e. The van der Waals surface area contributed by atoms with Crippen molar-refractivity contribution in [3.8, 4) is 11.3 Å². The van der Waals surface area contributed by atoms with E-state index in [0.29, 0.717) is 30.0 Å². The molecular formula is C24H20N2O5S. The fourth-order valence-electron chi connectivity index (χ4n) is 3.43. The number of benzene rings is 2. The summed E-state index contributed by atoms with van der Waals surface area (Å²) in [6, 6.07) is 16.1. The summed E-state index contributed by atoms with van der Waals surface area (Å²) in [5, 5.41) is 11.2. The number of carbonyl (C=O) groups excluding carboxylic acids is 2. The minimum atomic E-state index is -0.442. The van der Waals surface area contributed by atoms with Gasteiger partial charge in [-0.25, -0.2) is 0 Å². The molecule has 0 N–H and O–H groups in total. The zero-order chi connectivity index (χ0) is 22.8. The molecule has 1 aliphatic rings. The highest BCUT2D eigenvalue weighted by Crippen LogP contribution is 2.36. The summed E-state index contributed by atoms with van der Waals surface area (Å²) in [4.78, 5) is 37.6. The minimum absolute atomic E-state index is 0.0461. The van der Waals surface area contributed by atoms with Crippen LogP contribution in [0.5, 0.6) is 0 Å². The monoisotopic (exact) mass is 448 g/mol. The van der Waals surface area contributed by atoms with E-state index < -0.39 is 4.92 Å². The maximum absolute atomic E-state index is 12.7. The van der Waals surface area contributed by atoms with E-state index in [1.165, 1.54) is 17.0 Å². The van der Waals surface area contributed by atoms with Crippen molar-refractivity contribution in [2.45, 2.75) is 20.3 Å². The van der Waals surface area contributed by atoms with Gasteiger partial charge < -0.3 is 4.42 Å². The summed E-state index contributed by atoms with van der Waals surface area (Å²) in [5.74, 6) is 0.307. The Morgan fingerprint density at radius 1 is 1.06 bits per heavy atom. The summed E-state index contributed by atoms with van der Waals surface area (Å²) < 4.78 is 5.79. The normalized spacial score (nSPS) is 15.1. The summed E-state index contributed by atoms with van der Waals surface area (Å²) >= 11 is 0.860. The maximum Gasteiger partial charge on any atom is 0.293 e. The van der Waals surface area contributed by atoms with E-state index in [1.807, 2.05) is 44.2 Å². The van der Waals surface area contributed by atoms with Gasteiger partial charge in [-0.15, -0.1) is 0 Å². The van der Waals surface area contributed by atoms with E-state index in [-0.39, 0.29) is 21.7 Å². The Balaban J connectivity index is 1.55. The van der Waals surface area contributed by atoms with E-state index >= 15 is 0 Å². The summed E-state index contributed by atoms with van der Waals surface area (Å²) in [5.41, 5.74) is 3.09. The van der Waals surface area contributed by atoms with Gasteiger partial charge in [0.25, 0.3) is 16.8 Å². The lowest BCUT2D eigenvalue weighted by molar-refractivity contribution is -0.384. The van der Waals surface area contributed by atoms with Crippen LogP contribution in [0.2, 0.25) is 0 Å². The lowest BCUT2D eigenvalue weighted by Gasteiger charge is -2.11. The number of rotatable bonds is 6. The number of aryl methyl sites for hydroxylation is 2. The van der Waals surface area contributed by atoms with Crippen molar-refractivity contribution in [3.63, 3.8) is 0 Å². The molecule has 3 aromatic rings. The van der Waals surface area contributed by atoms with Gasteiger partial charge in [-0.1, -0.05) is 30.3 Å². The van der Waals surface area contributed by atoms with Crippen LogP contribution < -0.4 is 0 Å². The van der Waals surface area contributed by atoms with E-state index in [2.05, 4.69) is 0 Å². The van der Waals surface area contributed by atoms with Crippen LogP contribution in [0.4, 0.5) is 10.5 Å². The van der Waals surface area contributed by atoms with Crippen LogP contribution >= 0.6 is 11.8 Å². The van der Waals surface area contributed by atoms with Gasteiger partial charge in [-0.2, -0.15) is 0 Å². The highest BCUT2D eigenvalue weighted by Gasteiger charge is 2.35. The molecular weight excluding hydrogens is 428 g/mol. The predicted octanol–water partition coefficient (Wildman–Crippen LogP) is 5.75. The van der Waals surface area contributed by atoms with Crippen molar-refractivity contribution in [3.05, 3.63) is 92.1 Å². The fourth-order valence-corrected chi connectivity index (χ4v) is 4.28. The van der Waals surface area contributed by atoms with Crippen molar-refractivity contribution in [1.82, 2.24) is 4.90 Å². The second kappa shape index (κ2) is 8.84. The maximum atomic E-state index is 12.7. The second-order valence-electron chi connectivity index (χ2n) is 7.48. The molecule has 2 heterocycles. The molecule has 2 aromatic carbocycles. The van der Waals surface area contributed by atoms with Crippen LogP contribution in [-0.4, -0.2) is 27.5 Å². The van der Waals surface area contributed by atoms with Crippen LogP contribution in [-0.2, 0) is 11.2 Å². The largest absolute Gasteiger partial charge is 0.456 e. The van der Waals surface area contributed by atoms with Crippen molar-refractivity contribution in [2.75, 3.05) is 6.54 Å². The summed E-state index contributed by atoms with van der Waals surface area (Å²) in [6.45, 7) is 3.98. The number of furan rings is 1. The third kappa shape index (κ3) is 4.36. The Hall–Kier alpha value is -3.65. The van der Waals surface area contributed by atoms with Gasteiger partial charge in [0.05, 0.1) is 15.4 Å². The SMILES string of the molecule is Cc1cc(-c2ccc(/C=C3\SC(=O)N(CCc4ccccc4)C3=O)o2)c([N+](=O)[O-])cc1C. The van der Waals surface area contributed by atoms with Gasteiger partial charge >= 0.3 is 0 Å². The molecule has 162 valence electrons. The Labute approximate surface area is 188 Å². The lowest BCUT2D eigenvalue weighted by Crippen LogP contribution is -2.30. The molecule has 7 nitrogen and oxygen atoms in total. The lowest BCUT2D eigenvalue weighted by atomic mass is 10.0. The van der Waals surface area contributed by atoms with Crippen molar-refractivity contribution in [1.29, 1.82) is 0 Å². The average molecular weight is 449 g/mol. The Kier molecular flexibility index (Phi) is 5.96. The molecule has 1 saturated heterocycles. The molecule has 2 amide bonds. The first-order chi connectivity index (χ1) is 15.3. The standard InChI is InChI=1S/C24H20N2O5S/c1-15-12-19(20(26(29)30)13-16(15)2)21-9-8-18(31-21)14-22-23(27)25(24(28)32-22)11-10-17-6-4-3-5-7-17/h3-9,12-14H,10-11H2,1-2H3/b22-14-. The molecule has 4 rings (SSSR count). The second-order valence-corrected chi connectivity index (χ2v) is 8.47. The van der Waals surface area contributed by atoms with Crippen LogP contribution in [0, 0.1) is 24.0 Å². The van der Waals surface area contributed by atoms with Crippen molar-refractivity contribution >= 4 is 34.7 Å². The van der Waals surface area contributed by atoms with E-state index in [0.717, 1.165) is 28.5 Å². The fraction of sp³-hybridized carbons (Fsp3) is 0.167. The molecule has 0 unspecified atom stereocenters. The van der Waals surface area contributed by atoms with Crippen LogP contribution in [0.3, 0.4) is 0 Å². The van der Waals surface area contributed by atoms with Gasteiger partial charge in [0.1, 0.15) is 11.5 Å². The van der Waals surface area contributed by atoms with E-state index in [9.17, 15) is 19.7 Å². The Morgan fingerprint density at radius 3 is 2.50 bits per heavy atom. The first-order valence-electron chi connectivity index (χ1n) is 9.98. The number of hydrogen-bond acceptors (Lipinski definition) is 6. The van der Waals surface area contributed by atoms with Crippen molar-refractivity contribution < 1.29 is 18.9 Å². The van der Waals surface area contributed by atoms with Gasteiger partial charge in [0, 0.05) is 18.7 Å². The number of carbonyl (C=O) groups is 2. The number of nitro benzene ring substituents is 1. The molecule has 1 aromatic heterocycles. The Morgan fingerprint density at radius 2 is 1.78 bits per heavy atom. The van der Waals surface area contributed by atoms with Crippen LogP contribution in [0.1, 0.15) is 22.5 Å². The first-order valence-corrected chi connectivity index (χ1v) is 10.8.